The van der Waals surface area contributed by atoms with Gasteiger partial charge in [0.05, 0.1) is 0 Å². The molecule has 2 aromatic rings. The zero-order valence-electron chi connectivity index (χ0n) is 12.7. The molecule has 21 heavy (non-hydrogen) atoms. The maximum Gasteiger partial charge on any atom is 0.127 e. The topological polar surface area (TPSA) is 15.3 Å². The number of benzene rings is 2. The number of nitrogens with zero attached hydrogens (tertiary/aromatic N) is 1. The van der Waals surface area contributed by atoms with Gasteiger partial charge in [-0.25, -0.2) is 4.39 Å². The van der Waals surface area contributed by atoms with Crippen molar-refractivity contribution >= 4 is 5.69 Å². The second kappa shape index (κ2) is 7.79. The first-order valence-corrected chi connectivity index (χ1v) is 7.46. The van der Waals surface area contributed by atoms with E-state index in [1.54, 1.807) is 6.07 Å². The molecule has 0 saturated carbocycles. The lowest BCUT2D eigenvalue weighted by atomic mass is 10.0. The fourth-order valence-corrected chi connectivity index (χ4v) is 2.51. The molecule has 1 N–H and O–H groups in total. The number of nitrogens with one attached hydrogen (secondary N) is 1. The number of anilines is 1. The molecular weight excluding hydrogens is 263 g/mol. The maximum atomic E-state index is 14.0. The summed E-state index contributed by atoms with van der Waals surface area (Å²) in [7, 11) is 2.07. The Morgan fingerprint density at radius 2 is 1.71 bits per heavy atom. The third-order valence-electron chi connectivity index (χ3n) is 3.68. The van der Waals surface area contributed by atoms with Crippen LogP contribution in [0.5, 0.6) is 0 Å². The van der Waals surface area contributed by atoms with Gasteiger partial charge in [-0.05, 0) is 31.2 Å². The second-order valence-corrected chi connectivity index (χ2v) is 5.18. The Bertz CT molecular complexity index is 542. The molecule has 0 bridgehead atoms. The van der Waals surface area contributed by atoms with Crippen LogP contribution in [0.4, 0.5) is 10.1 Å². The summed E-state index contributed by atoms with van der Waals surface area (Å²) in [6, 6.07) is 17.3. The van der Waals surface area contributed by atoms with Gasteiger partial charge < -0.3 is 10.2 Å². The average molecular weight is 286 g/mol. The van der Waals surface area contributed by atoms with E-state index in [4.69, 9.17) is 0 Å². The van der Waals surface area contributed by atoms with Gasteiger partial charge in [-0.1, -0.05) is 43.3 Å². The zero-order valence-corrected chi connectivity index (χ0v) is 12.7. The van der Waals surface area contributed by atoms with Gasteiger partial charge in [-0.2, -0.15) is 0 Å². The number of hydrogen-bond acceptors (Lipinski definition) is 2. The summed E-state index contributed by atoms with van der Waals surface area (Å²) >= 11 is 0. The van der Waals surface area contributed by atoms with E-state index in [-0.39, 0.29) is 11.9 Å². The molecule has 2 aromatic carbocycles. The summed E-state index contributed by atoms with van der Waals surface area (Å²) < 4.78 is 14.0. The molecule has 0 aliphatic carbocycles. The zero-order chi connectivity index (χ0) is 15.1. The monoisotopic (exact) mass is 286 g/mol. The predicted molar refractivity (Wildman–Crippen MR) is 87.1 cm³/mol. The minimum absolute atomic E-state index is 0.0439. The van der Waals surface area contributed by atoms with Gasteiger partial charge in [0, 0.05) is 30.9 Å². The Labute approximate surface area is 126 Å². The number of para-hydroxylation sites is 1. The third kappa shape index (κ3) is 4.30. The Morgan fingerprint density at radius 3 is 2.38 bits per heavy atom. The molecule has 0 saturated heterocycles. The van der Waals surface area contributed by atoms with Gasteiger partial charge in [0.2, 0.25) is 0 Å². The molecule has 0 aliphatic rings. The first-order chi connectivity index (χ1) is 10.2. The SMILES string of the molecule is CCNC(CCN(C)c1ccccc1)c1ccccc1F. The van der Waals surface area contributed by atoms with Gasteiger partial charge in [0.15, 0.2) is 0 Å². The summed E-state index contributed by atoms with van der Waals surface area (Å²) in [5, 5.41) is 3.38. The lowest BCUT2D eigenvalue weighted by molar-refractivity contribution is 0.486. The largest absolute Gasteiger partial charge is 0.375 e. The third-order valence-corrected chi connectivity index (χ3v) is 3.68. The van der Waals surface area contributed by atoms with Crippen molar-refractivity contribution in [2.24, 2.45) is 0 Å². The van der Waals surface area contributed by atoms with Gasteiger partial charge in [-0.15, -0.1) is 0 Å². The van der Waals surface area contributed by atoms with Crippen LogP contribution in [0, 0.1) is 5.82 Å². The molecule has 3 heteroatoms. The van der Waals surface area contributed by atoms with E-state index in [0.717, 1.165) is 25.1 Å². The molecule has 0 radical (unpaired) electrons. The van der Waals surface area contributed by atoms with Gasteiger partial charge >= 0.3 is 0 Å². The van der Waals surface area contributed by atoms with E-state index < -0.39 is 0 Å². The highest BCUT2D eigenvalue weighted by Crippen LogP contribution is 2.21. The summed E-state index contributed by atoms with van der Waals surface area (Å²) in [6.07, 6.45) is 0.861. The first-order valence-electron chi connectivity index (χ1n) is 7.46. The molecule has 112 valence electrons. The highest BCUT2D eigenvalue weighted by atomic mass is 19.1. The quantitative estimate of drug-likeness (QED) is 0.827. The summed E-state index contributed by atoms with van der Waals surface area (Å²) in [5.41, 5.74) is 1.93. The Balaban J connectivity index is 2.02. The number of hydrogen-bond donors (Lipinski definition) is 1. The lowest BCUT2D eigenvalue weighted by Gasteiger charge is -2.24. The summed E-state index contributed by atoms with van der Waals surface area (Å²) in [6.45, 7) is 3.75. The normalized spacial score (nSPS) is 12.1. The molecule has 0 amide bonds. The van der Waals surface area contributed by atoms with Gasteiger partial charge in [0.1, 0.15) is 5.82 Å². The fourth-order valence-electron chi connectivity index (χ4n) is 2.51. The van der Waals surface area contributed by atoms with E-state index in [2.05, 4.69) is 36.3 Å². The van der Waals surface area contributed by atoms with Crippen LogP contribution in [0.25, 0.3) is 0 Å². The second-order valence-electron chi connectivity index (χ2n) is 5.18. The van der Waals surface area contributed by atoms with E-state index in [0.29, 0.717) is 0 Å². The number of rotatable bonds is 7. The van der Waals surface area contributed by atoms with E-state index in [1.165, 1.54) is 11.8 Å². The Kier molecular flexibility index (Phi) is 5.76. The average Bonchev–Trinajstić information content (AvgIpc) is 2.53. The molecule has 0 aliphatic heterocycles. The maximum absolute atomic E-state index is 14.0. The Morgan fingerprint density at radius 1 is 1.05 bits per heavy atom. The van der Waals surface area contributed by atoms with Crippen LogP contribution in [0.3, 0.4) is 0 Å². The molecule has 0 heterocycles. The van der Waals surface area contributed by atoms with Gasteiger partial charge in [-0.3, -0.25) is 0 Å². The van der Waals surface area contributed by atoms with Crippen molar-refractivity contribution in [2.75, 3.05) is 25.0 Å². The van der Waals surface area contributed by atoms with Crippen LogP contribution in [-0.2, 0) is 0 Å². The standard InChI is InChI=1S/C18H23FN2/c1-3-20-18(16-11-7-8-12-17(16)19)13-14-21(2)15-9-5-4-6-10-15/h4-12,18,20H,3,13-14H2,1-2H3. The molecule has 0 fully saturated rings. The van der Waals surface area contributed by atoms with Crippen molar-refractivity contribution in [3.05, 3.63) is 66.0 Å². The Hall–Kier alpha value is -1.87. The molecule has 2 rings (SSSR count). The van der Waals surface area contributed by atoms with E-state index in [9.17, 15) is 4.39 Å². The molecular formula is C18H23FN2. The van der Waals surface area contributed by atoms with Crippen molar-refractivity contribution in [1.82, 2.24) is 5.32 Å². The van der Waals surface area contributed by atoms with Crippen molar-refractivity contribution in [3.8, 4) is 0 Å². The van der Waals surface area contributed by atoms with Crippen LogP contribution in [-0.4, -0.2) is 20.1 Å². The lowest BCUT2D eigenvalue weighted by Crippen LogP contribution is -2.27. The summed E-state index contributed by atoms with van der Waals surface area (Å²) in [5.74, 6) is -0.134. The summed E-state index contributed by atoms with van der Waals surface area (Å²) in [4.78, 5) is 2.20. The van der Waals surface area contributed by atoms with Crippen molar-refractivity contribution in [1.29, 1.82) is 0 Å². The van der Waals surface area contributed by atoms with Crippen molar-refractivity contribution in [2.45, 2.75) is 19.4 Å². The predicted octanol–water partition coefficient (Wildman–Crippen LogP) is 4.00. The van der Waals surface area contributed by atoms with Crippen LogP contribution in [0.2, 0.25) is 0 Å². The van der Waals surface area contributed by atoms with E-state index >= 15 is 0 Å². The smallest absolute Gasteiger partial charge is 0.127 e. The molecule has 2 nitrogen and oxygen atoms in total. The van der Waals surface area contributed by atoms with Crippen molar-refractivity contribution in [3.63, 3.8) is 0 Å². The fraction of sp³-hybridized carbons (Fsp3) is 0.333. The number of halogens is 1. The van der Waals surface area contributed by atoms with Crippen molar-refractivity contribution < 1.29 is 4.39 Å². The highest BCUT2D eigenvalue weighted by Gasteiger charge is 2.15. The molecule has 0 aromatic heterocycles. The minimum Gasteiger partial charge on any atom is -0.375 e. The molecule has 0 spiro atoms. The van der Waals surface area contributed by atoms with Gasteiger partial charge in [0.25, 0.3) is 0 Å². The van der Waals surface area contributed by atoms with Crippen LogP contribution in [0.1, 0.15) is 24.9 Å². The molecule has 1 unspecified atom stereocenters. The van der Waals surface area contributed by atoms with Crippen LogP contribution in [0.15, 0.2) is 54.6 Å². The minimum atomic E-state index is -0.134. The first kappa shape index (κ1) is 15.5. The highest BCUT2D eigenvalue weighted by molar-refractivity contribution is 5.44. The molecule has 1 atom stereocenters. The van der Waals surface area contributed by atoms with E-state index in [1.807, 2.05) is 30.3 Å². The van der Waals surface area contributed by atoms with Crippen LogP contribution < -0.4 is 10.2 Å². The van der Waals surface area contributed by atoms with Crippen LogP contribution >= 0.6 is 0 Å².